The van der Waals surface area contributed by atoms with Crippen molar-refractivity contribution < 1.29 is 9.53 Å². The summed E-state index contributed by atoms with van der Waals surface area (Å²) in [5, 5.41) is 0. The van der Waals surface area contributed by atoms with Crippen LogP contribution in [0, 0.1) is 0 Å². The molecule has 1 amide bonds. The Kier molecular flexibility index (Phi) is 6.32. The van der Waals surface area contributed by atoms with E-state index in [-0.39, 0.29) is 5.91 Å². The summed E-state index contributed by atoms with van der Waals surface area (Å²) in [5.41, 5.74) is 4.24. The van der Waals surface area contributed by atoms with E-state index >= 15 is 0 Å². The van der Waals surface area contributed by atoms with Gasteiger partial charge in [0.25, 0.3) is 0 Å². The van der Waals surface area contributed by atoms with E-state index in [1.807, 2.05) is 35.4 Å². The Balaban J connectivity index is 1.27. The van der Waals surface area contributed by atoms with Crippen molar-refractivity contribution in [3.8, 4) is 16.9 Å². The van der Waals surface area contributed by atoms with Gasteiger partial charge in [-0.2, -0.15) is 0 Å². The number of hydrogen-bond donors (Lipinski definition) is 0. The number of benzene rings is 1. The smallest absolute Gasteiger partial charge is 0.222 e. The van der Waals surface area contributed by atoms with Gasteiger partial charge in [-0.25, -0.2) is 9.97 Å². The molecule has 1 fully saturated rings. The minimum absolute atomic E-state index is 0.233. The standard InChI is InChI=1S/C24H26N4O2/c1-30-22-6-2-18(3-7-22)4-9-24(29)28-12-10-19(11-13-28)23-8-5-20(16-27-23)21-14-25-17-26-15-21/h2-3,5-8,14-17,19H,4,9-13H2,1H3. The molecule has 0 spiro atoms. The van der Waals surface area contributed by atoms with Crippen LogP contribution in [-0.2, 0) is 11.2 Å². The highest BCUT2D eigenvalue weighted by Gasteiger charge is 2.24. The summed E-state index contributed by atoms with van der Waals surface area (Å²) in [7, 11) is 1.66. The molecule has 0 unspecified atom stereocenters. The van der Waals surface area contributed by atoms with Gasteiger partial charge < -0.3 is 9.64 Å². The average molecular weight is 402 g/mol. The van der Waals surface area contributed by atoms with Crippen LogP contribution in [-0.4, -0.2) is 46.0 Å². The van der Waals surface area contributed by atoms with Gasteiger partial charge in [-0.15, -0.1) is 0 Å². The Hall–Kier alpha value is -3.28. The molecule has 1 aliphatic rings. The van der Waals surface area contributed by atoms with E-state index in [0.717, 1.165) is 60.5 Å². The molecule has 0 atom stereocenters. The summed E-state index contributed by atoms with van der Waals surface area (Å²) in [4.78, 5) is 27.4. The Morgan fingerprint density at radius 3 is 2.37 bits per heavy atom. The maximum atomic E-state index is 12.6. The number of ether oxygens (including phenoxy) is 1. The first-order chi connectivity index (χ1) is 14.7. The summed E-state index contributed by atoms with van der Waals surface area (Å²) in [6, 6.07) is 12.1. The SMILES string of the molecule is COc1ccc(CCC(=O)N2CCC(c3ccc(-c4cncnc4)cn3)CC2)cc1. The number of piperidine rings is 1. The van der Waals surface area contributed by atoms with Crippen molar-refractivity contribution in [2.24, 2.45) is 0 Å². The van der Waals surface area contributed by atoms with E-state index in [0.29, 0.717) is 12.3 Å². The number of hydrogen-bond acceptors (Lipinski definition) is 5. The molecular formula is C24H26N4O2. The zero-order chi connectivity index (χ0) is 20.8. The van der Waals surface area contributed by atoms with Gasteiger partial charge in [-0.05, 0) is 43.0 Å². The molecule has 154 valence electrons. The molecular weight excluding hydrogens is 376 g/mol. The first kappa shape index (κ1) is 20.0. The maximum absolute atomic E-state index is 12.6. The van der Waals surface area contributed by atoms with Crippen molar-refractivity contribution in [1.82, 2.24) is 19.9 Å². The summed E-state index contributed by atoms with van der Waals surface area (Å²) < 4.78 is 5.18. The number of pyridine rings is 1. The molecule has 3 heterocycles. The molecule has 0 radical (unpaired) electrons. The Morgan fingerprint density at radius 2 is 1.73 bits per heavy atom. The first-order valence-electron chi connectivity index (χ1n) is 10.3. The largest absolute Gasteiger partial charge is 0.497 e. The van der Waals surface area contributed by atoms with Crippen LogP contribution in [0.4, 0.5) is 0 Å². The van der Waals surface area contributed by atoms with Crippen LogP contribution >= 0.6 is 0 Å². The van der Waals surface area contributed by atoms with E-state index in [1.54, 1.807) is 19.5 Å². The van der Waals surface area contributed by atoms with Crippen LogP contribution in [0.2, 0.25) is 0 Å². The van der Waals surface area contributed by atoms with Crippen LogP contribution < -0.4 is 4.74 Å². The molecule has 4 rings (SSSR count). The van der Waals surface area contributed by atoms with E-state index in [9.17, 15) is 4.79 Å². The van der Waals surface area contributed by atoms with Crippen LogP contribution in [0.25, 0.3) is 11.1 Å². The van der Waals surface area contributed by atoms with Gasteiger partial charge in [0.05, 0.1) is 7.11 Å². The second-order valence-electron chi connectivity index (χ2n) is 7.60. The van der Waals surface area contributed by atoms with Crippen molar-refractivity contribution >= 4 is 5.91 Å². The number of aromatic nitrogens is 3. The highest BCUT2D eigenvalue weighted by molar-refractivity contribution is 5.76. The van der Waals surface area contributed by atoms with Crippen molar-refractivity contribution in [3.05, 3.63) is 72.6 Å². The molecule has 1 aliphatic heterocycles. The lowest BCUT2D eigenvalue weighted by Gasteiger charge is -2.32. The van der Waals surface area contributed by atoms with Gasteiger partial charge in [-0.1, -0.05) is 18.2 Å². The highest BCUT2D eigenvalue weighted by Crippen LogP contribution is 2.28. The molecule has 0 saturated carbocycles. The van der Waals surface area contributed by atoms with E-state index < -0.39 is 0 Å². The van der Waals surface area contributed by atoms with Gasteiger partial charge in [-0.3, -0.25) is 9.78 Å². The zero-order valence-electron chi connectivity index (χ0n) is 17.2. The Labute approximate surface area is 177 Å². The molecule has 0 aliphatic carbocycles. The monoisotopic (exact) mass is 402 g/mol. The van der Waals surface area contributed by atoms with Crippen LogP contribution in [0.3, 0.4) is 0 Å². The first-order valence-corrected chi connectivity index (χ1v) is 10.3. The van der Waals surface area contributed by atoms with Crippen molar-refractivity contribution in [3.63, 3.8) is 0 Å². The fourth-order valence-electron chi connectivity index (χ4n) is 3.89. The second-order valence-corrected chi connectivity index (χ2v) is 7.60. The lowest BCUT2D eigenvalue weighted by molar-refractivity contribution is -0.132. The maximum Gasteiger partial charge on any atom is 0.222 e. The topological polar surface area (TPSA) is 68.2 Å². The van der Waals surface area contributed by atoms with Gasteiger partial charge in [0.2, 0.25) is 5.91 Å². The molecule has 1 aromatic carbocycles. The zero-order valence-corrected chi connectivity index (χ0v) is 17.2. The van der Waals surface area contributed by atoms with Crippen molar-refractivity contribution in [2.45, 2.75) is 31.6 Å². The lowest BCUT2D eigenvalue weighted by Crippen LogP contribution is -2.38. The third-order valence-electron chi connectivity index (χ3n) is 5.73. The number of aryl methyl sites for hydroxylation is 1. The normalized spacial score (nSPS) is 14.5. The fraction of sp³-hybridized carbons (Fsp3) is 0.333. The molecule has 2 aromatic heterocycles. The number of nitrogens with zero attached hydrogens (tertiary/aromatic N) is 4. The summed E-state index contributed by atoms with van der Waals surface area (Å²) in [5.74, 6) is 1.47. The van der Waals surface area contributed by atoms with Gasteiger partial charge in [0.1, 0.15) is 12.1 Å². The number of rotatable bonds is 6. The third kappa shape index (κ3) is 4.82. The quantitative estimate of drug-likeness (QED) is 0.626. The molecule has 1 saturated heterocycles. The summed E-state index contributed by atoms with van der Waals surface area (Å²) in [6.45, 7) is 1.59. The fourth-order valence-corrected chi connectivity index (χ4v) is 3.89. The van der Waals surface area contributed by atoms with E-state index in [1.165, 1.54) is 6.33 Å². The van der Waals surface area contributed by atoms with E-state index in [2.05, 4.69) is 27.1 Å². The minimum atomic E-state index is 0.233. The number of carbonyl (C=O) groups is 1. The third-order valence-corrected chi connectivity index (χ3v) is 5.73. The molecule has 0 N–H and O–H groups in total. The minimum Gasteiger partial charge on any atom is -0.497 e. The van der Waals surface area contributed by atoms with E-state index in [4.69, 9.17) is 4.74 Å². The Bertz CT molecular complexity index is 951. The van der Waals surface area contributed by atoms with Crippen LogP contribution in [0.15, 0.2) is 61.3 Å². The summed E-state index contributed by atoms with van der Waals surface area (Å²) in [6.07, 6.45) is 10.2. The van der Waals surface area contributed by atoms with Gasteiger partial charge in [0.15, 0.2) is 0 Å². The van der Waals surface area contributed by atoms with Gasteiger partial charge in [0, 0.05) is 60.8 Å². The number of carbonyl (C=O) groups excluding carboxylic acids is 1. The van der Waals surface area contributed by atoms with Crippen molar-refractivity contribution in [1.29, 1.82) is 0 Å². The second kappa shape index (κ2) is 9.48. The molecule has 3 aromatic rings. The number of amides is 1. The van der Waals surface area contributed by atoms with Crippen LogP contribution in [0.5, 0.6) is 5.75 Å². The summed E-state index contributed by atoms with van der Waals surface area (Å²) >= 11 is 0. The van der Waals surface area contributed by atoms with Crippen molar-refractivity contribution in [2.75, 3.05) is 20.2 Å². The lowest BCUT2D eigenvalue weighted by atomic mass is 9.92. The molecule has 0 bridgehead atoms. The molecule has 30 heavy (non-hydrogen) atoms. The molecule has 6 heteroatoms. The predicted molar refractivity (Wildman–Crippen MR) is 115 cm³/mol. The Morgan fingerprint density at radius 1 is 1.00 bits per heavy atom. The number of methoxy groups -OCH3 is 1. The van der Waals surface area contributed by atoms with Crippen LogP contribution in [0.1, 0.15) is 36.4 Å². The average Bonchev–Trinajstić information content (AvgIpc) is 2.83. The highest BCUT2D eigenvalue weighted by atomic mass is 16.5. The van der Waals surface area contributed by atoms with Gasteiger partial charge >= 0.3 is 0 Å². The molecule has 6 nitrogen and oxygen atoms in total. The predicted octanol–water partition coefficient (Wildman–Crippen LogP) is 3.89. The number of likely N-dealkylation sites (tertiary alicyclic amines) is 1.